The Kier molecular flexibility index (Phi) is 7.20. The van der Waals surface area contributed by atoms with Gasteiger partial charge in [0.2, 0.25) is 10.0 Å². The average molecular weight is 383 g/mol. The Balaban J connectivity index is 1.91. The monoisotopic (exact) mass is 382 g/mol. The molecule has 7 heteroatoms. The molecule has 146 valence electrons. The standard InChI is InChI=1S/C19H30N2O4S/c1-4-25-18(22)11-8-14-26(23,24)21-13-12-20(19(2,3)16-21)15-17-9-6-5-7-10-17/h5-7,9-10H,4,8,11-16H2,1-3H3. The number of benzene rings is 1. The summed E-state index contributed by atoms with van der Waals surface area (Å²) in [5.74, 6) is -0.351. The van der Waals surface area contributed by atoms with Crippen molar-refractivity contribution in [3.05, 3.63) is 35.9 Å². The molecule has 0 spiro atoms. The molecule has 1 aromatic rings. The maximum atomic E-state index is 12.6. The lowest BCUT2D eigenvalue weighted by Gasteiger charge is -2.46. The third-order valence-corrected chi connectivity index (χ3v) is 6.64. The molecule has 0 aliphatic carbocycles. The topological polar surface area (TPSA) is 66.9 Å². The van der Waals surface area contributed by atoms with Gasteiger partial charge in [0, 0.05) is 38.1 Å². The van der Waals surface area contributed by atoms with Crippen LogP contribution in [0.25, 0.3) is 0 Å². The number of nitrogens with zero attached hydrogens (tertiary/aromatic N) is 2. The fraction of sp³-hybridized carbons (Fsp3) is 0.632. The van der Waals surface area contributed by atoms with Crippen molar-refractivity contribution < 1.29 is 17.9 Å². The molecular weight excluding hydrogens is 352 g/mol. The van der Waals surface area contributed by atoms with E-state index in [9.17, 15) is 13.2 Å². The van der Waals surface area contributed by atoms with Gasteiger partial charge in [-0.15, -0.1) is 0 Å². The molecule has 1 heterocycles. The summed E-state index contributed by atoms with van der Waals surface area (Å²) in [6.07, 6.45) is 0.441. The number of sulfonamides is 1. The van der Waals surface area contributed by atoms with Crippen LogP contribution in [0, 0.1) is 0 Å². The molecule has 1 aliphatic rings. The van der Waals surface area contributed by atoms with Crippen LogP contribution in [0.5, 0.6) is 0 Å². The molecule has 1 aromatic carbocycles. The summed E-state index contributed by atoms with van der Waals surface area (Å²) >= 11 is 0. The zero-order valence-corrected chi connectivity index (χ0v) is 16.8. The molecule has 0 saturated carbocycles. The van der Waals surface area contributed by atoms with Crippen molar-refractivity contribution in [1.29, 1.82) is 0 Å². The van der Waals surface area contributed by atoms with Gasteiger partial charge in [-0.2, -0.15) is 4.31 Å². The molecule has 1 fully saturated rings. The molecule has 26 heavy (non-hydrogen) atoms. The lowest BCUT2D eigenvalue weighted by Crippen LogP contribution is -2.60. The normalized spacial score (nSPS) is 18.6. The van der Waals surface area contributed by atoms with Crippen LogP contribution < -0.4 is 0 Å². The van der Waals surface area contributed by atoms with Crippen molar-refractivity contribution in [3.8, 4) is 0 Å². The first-order chi connectivity index (χ1) is 12.2. The molecule has 0 bridgehead atoms. The van der Waals surface area contributed by atoms with E-state index in [1.165, 1.54) is 5.56 Å². The highest BCUT2D eigenvalue weighted by Crippen LogP contribution is 2.25. The first-order valence-corrected chi connectivity index (χ1v) is 10.8. The fourth-order valence-electron chi connectivity index (χ4n) is 3.24. The number of carbonyl (C=O) groups is 1. The van der Waals surface area contributed by atoms with Crippen molar-refractivity contribution in [2.45, 2.75) is 45.7 Å². The highest BCUT2D eigenvalue weighted by Gasteiger charge is 2.38. The van der Waals surface area contributed by atoms with Crippen LogP contribution >= 0.6 is 0 Å². The zero-order chi connectivity index (χ0) is 19.2. The van der Waals surface area contributed by atoms with E-state index in [0.29, 0.717) is 32.7 Å². The number of esters is 1. The van der Waals surface area contributed by atoms with Crippen molar-refractivity contribution in [3.63, 3.8) is 0 Å². The highest BCUT2D eigenvalue weighted by atomic mass is 32.2. The largest absolute Gasteiger partial charge is 0.466 e. The number of rotatable bonds is 8. The van der Waals surface area contributed by atoms with Gasteiger partial charge >= 0.3 is 5.97 Å². The number of ether oxygens (including phenoxy) is 1. The fourth-order valence-corrected chi connectivity index (χ4v) is 4.88. The molecule has 0 aromatic heterocycles. The summed E-state index contributed by atoms with van der Waals surface area (Å²) in [5.41, 5.74) is 0.980. The minimum Gasteiger partial charge on any atom is -0.466 e. The number of hydrogen-bond donors (Lipinski definition) is 0. The number of piperazine rings is 1. The minimum atomic E-state index is -3.36. The van der Waals surface area contributed by atoms with Crippen molar-refractivity contribution in [1.82, 2.24) is 9.21 Å². The zero-order valence-electron chi connectivity index (χ0n) is 16.0. The summed E-state index contributed by atoms with van der Waals surface area (Å²) in [7, 11) is -3.36. The molecule has 0 atom stereocenters. The van der Waals surface area contributed by atoms with Crippen LogP contribution in [-0.2, 0) is 26.1 Å². The average Bonchev–Trinajstić information content (AvgIpc) is 2.57. The van der Waals surface area contributed by atoms with Crippen LogP contribution in [0.4, 0.5) is 0 Å². The summed E-state index contributed by atoms with van der Waals surface area (Å²) in [5, 5.41) is 0. The summed E-state index contributed by atoms with van der Waals surface area (Å²) < 4.78 is 31.7. The van der Waals surface area contributed by atoms with Gasteiger partial charge in [-0.1, -0.05) is 30.3 Å². The van der Waals surface area contributed by atoms with E-state index in [4.69, 9.17) is 4.74 Å². The van der Waals surface area contributed by atoms with Crippen LogP contribution in [-0.4, -0.2) is 61.1 Å². The van der Waals surface area contributed by atoms with Crippen LogP contribution in [0.15, 0.2) is 30.3 Å². The Morgan fingerprint density at radius 1 is 1.19 bits per heavy atom. The van der Waals surface area contributed by atoms with Gasteiger partial charge in [-0.05, 0) is 32.8 Å². The molecule has 0 radical (unpaired) electrons. The summed E-state index contributed by atoms with van der Waals surface area (Å²) in [6.45, 7) is 8.67. The van der Waals surface area contributed by atoms with E-state index in [2.05, 4.69) is 30.9 Å². The summed E-state index contributed by atoms with van der Waals surface area (Å²) in [6, 6.07) is 10.2. The van der Waals surface area contributed by atoms with Gasteiger partial charge in [0.25, 0.3) is 0 Å². The van der Waals surface area contributed by atoms with E-state index < -0.39 is 10.0 Å². The number of hydrogen-bond acceptors (Lipinski definition) is 5. The second-order valence-electron chi connectivity index (χ2n) is 7.28. The lowest BCUT2D eigenvalue weighted by molar-refractivity contribution is -0.143. The molecule has 2 rings (SSSR count). The van der Waals surface area contributed by atoms with Gasteiger partial charge in [0.05, 0.1) is 12.4 Å². The van der Waals surface area contributed by atoms with Gasteiger partial charge < -0.3 is 4.74 Å². The van der Waals surface area contributed by atoms with E-state index in [0.717, 1.165) is 6.54 Å². The molecule has 0 N–H and O–H groups in total. The molecular formula is C19H30N2O4S. The Hall–Kier alpha value is -1.44. The Bertz CT molecular complexity index is 689. The first-order valence-electron chi connectivity index (χ1n) is 9.17. The minimum absolute atomic E-state index is 0.0133. The quantitative estimate of drug-likeness (QED) is 0.645. The van der Waals surface area contributed by atoms with Crippen molar-refractivity contribution >= 4 is 16.0 Å². The molecule has 1 saturated heterocycles. The lowest BCUT2D eigenvalue weighted by atomic mass is 9.99. The smallest absolute Gasteiger partial charge is 0.305 e. The predicted octanol–water partition coefficient (Wildman–Crippen LogP) is 2.26. The van der Waals surface area contributed by atoms with Crippen molar-refractivity contribution in [2.24, 2.45) is 0 Å². The highest BCUT2D eigenvalue weighted by molar-refractivity contribution is 7.89. The second-order valence-corrected chi connectivity index (χ2v) is 9.37. The van der Waals surface area contributed by atoms with Crippen LogP contribution in [0.1, 0.15) is 39.2 Å². The molecule has 1 aliphatic heterocycles. The van der Waals surface area contributed by atoms with Gasteiger partial charge in [-0.3, -0.25) is 9.69 Å². The molecule has 0 unspecified atom stereocenters. The van der Waals surface area contributed by atoms with E-state index in [1.807, 2.05) is 18.2 Å². The van der Waals surface area contributed by atoms with Crippen molar-refractivity contribution in [2.75, 3.05) is 32.0 Å². The second kappa shape index (κ2) is 8.97. The third kappa shape index (κ3) is 5.79. The Labute approximate surface area is 157 Å². The summed E-state index contributed by atoms with van der Waals surface area (Å²) in [4.78, 5) is 13.7. The Morgan fingerprint density at radius 3 is 2.50 bits per heavy atom. The van der Waals surface area contributed by atoms with E-state index in [-0.39, 0.29) is 23.7 Å². The SMILES string of the molecule is CCOC(=O)CCCS(=O)(=O)N1CCN(Cc2ccccc2)C(C)(C)C1. The van der Waals surface area contributed by atoms with Gasteiger partial charge in [-0.25, -0.2) is 8.42 Å². The van der Waals surface area contributed by atoms with E-state index in [1.54, 1.807) is 11.2 Å². The van der Waals surface area contributed by atoms with Crippen LogP contribution in [0.3, 0.4) is 0 Å². The predicted molar refractivity (Wildman–Crippen MR) is 102 cm³/mol. The molecule has 0 amide bonds. The maximum Gasteiger partial charge on any atom is 0.305 e. The maximum absolute atomic E-state index is 12.6. The van der Waals surface area contributed by atoms with Gasteiger partial charge in [0.15, 0.2) is 0 Å². The number of carbonyl (C=O) groups excluding carboxylic acids is 1. The third-order valence-electron chi connectivity index (χ3n) is 4.74. The molecule has 6 nitrogen and oxygen atoms in total. The van der Waals surface area contributed by atoms with Gasteiger partial charge in [0.1, 0.15) is 0 Å². The van der Waals surface area contributed by atoms with E-state index >= 15 is 0 Å². The Morgan fingerprint density at radius 2 is 1.88 bits per heavy atom. The van der Waals surface area contributed by atoms with Crippen LogP contribution in [0.2, 0.25) is 0 Å². The first kappa shape index (κ1) is 20.9.